The molecule has 0 aliphatic rings. The number of aromatic nitrogens is 2. The summed E-state index contributed by atoms with van der Waals surface area (Å²) >= 11 is 11.9. The number of nitrogens with zero attached hydrogens (tertiary/aromatic N) is 2. The molecule has 8 heteroatoms. The highest BCUT2D eigenvalue weighted by Gasteiger charge is 2.12. The Labute approximate surface area is 147 Å². The van der Waals surface area contributed by atoms with Crippen molar-refractivity contribution in [2.75, 3.05) is 0 Å². The number of hydrogen-bond acceptors (Lipinski definition) is 4. The van der Waals surface area contributed by atoms with Crippen molar-refractivity contribution in [3.63, 3.8) is 0 Å². The summed E-state index contributed by atoms with van der Waals surface area (Å²) in [5.74, 6) is 0.163. The van der Waals surface area contributed by atoms with E-state index in [1.54, 1.807) is 43.3 Å². The smallest absolute Gasteiger partial charge is 0.289 e. The molecule has 1 amide bonds. The first-order valence-corrected chi connectivity index (χ1v) is 7.69. The first-order valence-electron chi connectivity index (χ1n) is 6.94. The molecule has 0 aliphatic carbocycles. The molecule has 0 spiro atoms. The zero-order valence-electron chi connectivity index (χ0n) is 12.5. The number of carbonyl (C=O) groups is 1. The van der Waals surface area contributed by atoms with Gasteiger partial charge in [0.1, 0.15) is 17.2 Å². The number of hydrazone groups is 1. The van der Waals surface area contributed by atoms with Crippen molar-refractivity contribution in [2.45, 2.75) is 6.92 Å². The summed E-state index contributed by atoms with van der Waals surface area (Å²) in [6, 6.07) is 10.2. The quantitative estimate of drug-likeness (QED) is 0.540. The van der Waals surface area contributed by atoms with E-state index >= 15 is 0 Å². The van der Waals surface area contributed by atoms with E-state index in [9.17, 15) is 4.79 Å². The molecule has 24 heavy (non-hydrogen) atoms. The summed E-state index contributed by atoms with van der Waals surface area (Å²) in [7, 11) is 0. The number of carbonyl (C=O) groups excluding carboxylic acids is 1. The summed E-state index contributed by atoms with van der Waals surface area (Å²) in [4.78, 5) is 12.1. The summed E-state index contributed by atoms with van der Waals surface area (Å²) in [5.41, 5.74) is 4.59. The van der Waals surface area contributed by atoms with E-state index in [0.717, 1.165) is 5.56 Å². The van der Waals surface area contributed by atoms with Crippen molar-refractivity contribution in [3.05, 3.63) is 64.2 Å². The highest BCUT2D eigenvalue weighted by Crippen LogP contribution is 2.27. The average molecular weight is 363 g/mol. The number of nitrogens with one attached hydrogen (secondary N) is 2. The first-order chi connectivity index (χ1) is 11.5. The lowest BCUT2D eigenvalue weighted by Gasteiger charge is -1.99. The van der Waals surface area contributed by atoms with Crippen LogP contribution in [-0.4, -0.2) is 21.8 Å². The molecule has 2 heterocycles. The Kier molecular flexibility index (Phi) is 4.69. The predicted octanol–water partition coefficient (Wildman–Crippen LogP) is 4.13. The Bertz CT molecular complexity index is 901. The maximum absolute atomic E-state index is 12.1. The third kappa shape index (κ3) is 3.50. The lowest BCUT2D eigenvalue weighted by molar-refractivity contribution is 0.0950. The van der Waals surface area contributed by atoms with Crippen LogP contribution in [0.4, 0.5) is 0 Å². The molecule has 122 valence electrons. The van der Waals surface area contributed by atoms with Crippen LogP contribution in [-0.2, 0) is 0 Å². The molecule has 0 atom stereocenters. The standard InChI is InChI=1S/C16H12Cl2N4O2/c1-9(15-3-2-6-24-15)19-22-16(23)14-8-13(20-21-14)10-4-5-11(17)12(18)7-10/h2-8H,1H3,(H,20,21)(H,22,23)/b19-9-. The van der Waals surface area contributed by atoms with Gasteiger partial charge in [-0.2, -0.15) is 10.2 Å². The molecule has 0 fully saturated rings. The van der Waals surface area contributed by atoms with Crippen LogP contribution in [0.1, 0.15) is 23.2 Å². The van der Waals surface area contributed by atoms with Crippen LogP contribution in [0.2, 0.25) is 10.0 Å². The molecule has 3 rings (SSSR count). The molecule has 3 aromatic rings. The Morgan fingerprint density at radius 2 is 2.08 bits per heavy atom. The Morgan fingerprint density at radius 3 is 2.79 bits per heavy atom. The van der Waals surface area contributed by atoms with Crippen LogP contribution in [0.5, 0.6) is 0 Å². The second-order valence-corrected chi connectivity index (χ2v) is 5.73. The van der Waals surface area contributed by atoms with Crippen molar-refractivity contribution in [2.24, 2.45) is 5.10 Å². The van der Waals surface area contributed by atoms with Crippen molar-refractivity contribution in [1.82, 2.24) is 15.6 Å². The molecule has 0 unspecified atom stereocenters. The summed E-state index contributed by atoms with van der Waals surface area (Å²) in [5, 5.41) is 11.6. The largest absolute Gasteiger partial charge is 0.463 e. The fourth-order valence-electron chi connectivity index (χ4n) is 1.98. The molecule has 6 nitrogen and oxygen atoms in total. The molecule has 0 radical (unpaired) electrons. The Balaban J connectivity index is 1.74. The van der Waals surface area contributed by atoms with Gasteiger partial charge in [0, 0.05) is 5.56 Å². The molecular weight excluding hydrogens is 351 g/mol. The first kappa shape index (κ1) is 16.3. The maximum atomic E-state index is 12.1. The van der Waals surface area contributed by atoms with Gasteiger partial charge < -0.3 is 4.42 Å². The minimum Gasteiger partial charge on any atom is -0.463 e. The third-order valence-corrected chi connectivity index (χ3v) is 3.98. The molecule has 0 saturated heterocycles. The minimum absolute atomic E-state index is 0.270. The molecule has 0 saturated carbocycles. The normalized spacial score (nSPS) is 11.5. The van der Waals surface area contributed by atoms with Gasteiger partial charge in [0.2, 0.25) is 0 Å². The fraction of sp³-hybridized carbons (Fsp3) is 0.0625. The van der Waals surface area contributed by atoms with E-state index in [-0.39, 0.29) is 5.69 Å². The van der Waals surface area contributed by atoms with Crippen molar-refractivity contribution in [3.8, 4) is 11.3 Å². The lowest BCUT2D eigenvalue weighted by Crippen LogP contribution is -2.19. The summed E-state index contributed by atoms with van der Waals surface area (Å²) < 4.78 is 5.19. The van der Waals surface area contributed by atoms with Crippen LogP contribution in [0.15, 0.2) is 52.2 Å². The van der Waals surface area contributed by atoms with Gasteiger partial charge in [-0.25, -0.2) is 5.43 Å². The summed E-state index contributed by atoms with van der Waals surface area (Å²) in [6.07, 6.45) is 1.54. The molecule has 0 bridgehead atoms. The molecule has 1 aromatic carbocycles. The number of benzene rings is 1. The van der Waals surface area contributed by atoms with Crippen LogP contribution < -0.4 is 5.43 Å². The zero-order valence-corrected chi connectivity index (χ0v) is 14.0. The van der Waals surface area contributed by atoms with Crippen LogP contribution in [0.3, 0.4) is 0 Å². The van der Waals surface area contributed by atoms with Gasteiger partial charge in [-0.3, -0.25) is 9.89 Å². The van der Waals surface area contributed by atoms with Gasteiger partial charge in [0.15, 0.2) is 0 Å². The number of hydrogen-bond donors (Lipinski definition) is 2. The topological polar surface area (TPSA) is 83.3 Å². The Morgan fingerprint density at radius 1 is 1.25 bits per heavy atom. The highest BCUT2D eigenvalue weighted by molar-refractivity contribution is 6.42. The number of furan rings is 1. The van der Waals surface area contributed by atoms with E-state index in [0.29, 0.717) is 27.2 Å². The van der Waals surface area contributed by atoms with E-state index < -0.39 is 5.91 Å². The van der Waals surface area contributed by atoms with E-state index in [1.165, 1.54) is 6.26 Å². The number of aromatic amines is 1. The maximum Gasteiger partial charge on any atom is 0.289 e. The molecule has 0 aliphatic heterocycles. The van der Waals surface area contributed by atoms with Crippen molar-refractivity contribution >= 4 is 34.8 Å². The molecular formula is C16H12Cl2N4O2. The van der Waals surface area contributed by atoms with Crippen molar-refractivity contribution < 1.29 is 9.21 Å². The van der Waals surface area contributed by atoms with E-state index in [4.69, 9.17) is 27.6 Å². The fourth-order valence-corrected chi connectivity index (χ4v) is 2.27. The van der Waals surface area contributed by atoms with Crippen LogP contribution in [0.25, 0.3) is 11.3 Å². The van der Waals surface area contributed by atoms with Crippen LogP contribution >= 0.6 is 23.2 Å². The predicted molar refractivity (Wildman–Crippen MR) is 92.4 cm³/mol. The Hall–Kier alpha value is -2.57. The second kappa shape index (κ2) is 6.90. The molecule has 2 aromatic heterocycles. The number of amides is 1. The van der Waals surface area contributed by atoms with Crippen molar-refractivity contribution in [1.29, 1.82) is 0 Å². The molecule has 2 N–H and O–H groups in total. The zero-order chi connectivity index (χ0) is 17.1. The van der Waals surface area contributed by atoms with E-state index in [2.05, 4.69) is 20.7 Å². The van der Waals surface area contributed by atoms with Gasteiger partial charge >= 0.3 is 0 Å². The van der Waals surface area contributed by atoms with Gasteiger partial charge in [0.05, 0.1) is 22.0 Å². The van der Waals surface area contributed by atoms with Gasteiger partial charge in [-0.05, 0) is 37.3 Å². The van der Waals surface area contributed by atoms with E-state index in [1.807, 2.05) is 0 Å². The monoisotopic (exact) mass is 362 g/mol. The average Bonchev–Trinajstić information content (AvgIpc) is 3.26. The summed E-state index contributed by atoms with van der Waals surface area (Å²) in [6.45, 7) is 1.73. The van der Waals surface area contributed by atoms with Gasteiger partial charge in [-0.15, -0.1) is 0 Å². The number of H-pyrrole nitrogens is 1. The van der Waals surface area contributed by atoms with Crippen LogP contribution in [0, 0.1) is 0 Å². The lowest BCUT2D eigenvalue weighted by atomic mass is 10.1. The number of halogens is 2. The highest BCUT2D eigenvalue weighted by atomic mass is 35.5. The SMILES string of the molecule is C/C(=N/NC(=O)c1cc(-c2ccc(Cl)c(Cl)c2)n[nH]1)c1ccco1. The minimum atomic E-state index is -0.417. The second-order valence-electron chi connectivity index (χ2n) is 4.91. The third-order valence-electron chi connectivity index (χ3n) is 3.24. The van der Waals surface area contributed by atoms with Gasteiger partial charge in [-0.1, -0.05) is 29.3 Å². The number of rotatable bonds is 4. The van der Waals surface area contributed by atoms with Gasteiger partial charge in [0.25, 0.3) is 5.91 Å².